The van der Waals surface area contributed by atoms with E-state index in [0.29, 0.717) is 21.6 Å². The number of ketones is 1. The van der Waals surface area contributed by atoms with Crippen molar-refractivity contribution >= 4 is 44.6 Å². The zero-order valence-electron chi connectivity index (χ0n) is 18.5. The summed E-state index contributed by atoms with van der Waals surface area (Å²) < 4.78 is 1.10. The lowest BCUT2D eigenvalue weighted by molar-refractivity contribution is -0.384. The summed E-state index contributed by atoms with van der Waals surface area (Å²) in [5.41, 5.74) is 1.57. The van der Waals surface area contributed by atoms with Gasteiger partial charge in [0.1, 0.15) is 11.5 Å². The summed E-state index contributed by atoms with van der Waals surface area (Å²) >= 11 is 1.41. The highest BCUT2D eigenvalue weighted by Crippen LogP contribution is 2.39. The molecule has 9 nitrogen and oxygen atoms in total. The fourth-order valence-corrected chi connectivity index (χ4v) is 5.62. The molecule has 0 unspecified atom stereocenters. The number of benzene rings is 2. The van der Waals surface area contributed by atoms with Gasteiger partial charge in [0.05, 0.1) is 27.7 Å². The number of non-ortho nitro benzene ring substituents is 1. The van der Waals surface area contributed by atoms with Gasteiger partial charge in [0.15, 0.2) is 5.78 Å². The van der Waals surface area contributed by atoms with Gasteiger partial charge >= 0.3 is 0 Å². The van der Waals surface area contributed by atoms with Crippen LogP contribution in [0.2, 0.25) is 0 Å². The van der Waals surface area contributed by atoms with Crippen LogP contribution < -0.4 is 10.9 Å². The molecule has 0 aliphatic heterocycles. The van der Waals surface area contributed by atoms with Gasteiger partial charge < -0.3 is 5.32 Å². The van der Waals surface area contributed by atoms with Crippen molar-refractivity contribution in [1.29, 1.82) is 0 Å². The second-order valence-electron chi connectivity index (χ2n) is 8.29. The van der Waals surface area contributed by atoms with Gasteiger partial charge in [-0.15, -0.1) is 11.3 Å². The van der Waals surface area contributed by atoms with Crippen molar-refractivity contribution in [2.75, 3.05) is 5.32 Å². The van der Waals surface area contributed by atoms with Crippen molar-refractivity contribution in [1.82, 2.24) is 9.55 Å². The predicted molar refractivity (Wildman–Crippen MR) is 132 cm³/mol. The van der Waals surface area contributed by atoms with Crippen molar-refractivity contribution in [3.8, 4) is 0 Å². The Labute approximate surface area is 203 Å². The molecule has 2 heterocycles. The van der Waals surface area contributed by atoms with E-state index in [9.17, 15) is 24.5 Å². The number of anilines is 1. The molecule has 4 aromatic rings. The number of nitrogens with zero attached hydrogens (tertiary/aromatic N) is 3. The number of amides is 1. The molecule has 0 spiro atoms. The number of thiophene rings is 1. The molecule has 35 heavy (non-hydrogen) atoms. The number of fused-ring (bicyclic) bond motifs is 2. The van der Waals surface area contributed by atoms with Crippen LogP contribution in [-0.4, -0.2) is 26.2 Å². The number of rotatable bonds is 6. The minimum Gasteiger partial charge on any atom is -0.316 e. The molecule has 1 amide bonds. The van der Waals surface area contributed by atoms with Gasteiger partial charge in [0.25, 0.3) is 11.2 Å². The first-order chi connectivity index (χ1) is 16.9. The van der Waals surface area contributed by atoms with E-state index in [1.54, 1.807) is 24.3 Å². The Morgan fingerprint density at radius 1 is 1.11 bits per heavy atom. The number of carbonyl (C=O) groups excluding carboxylic acids is 2. The SMILES string of the molecule is O=C(Cn1cnc2ccc([N+](=O)[O-])cc2c1=O)Nc1sc2c(c1C(=O)c1ccccc1)CCCC2. The fourth-order valence-electron chi connectivity index (χ4n) is 4.32. The molecular formula is C25H20N4O5S. The molecule has 1 aliphatic carbocycles. The summed E-state index contributed by atoms with van der Waals surface area (Å²) in [5, 5.41) is 14.5. The van der Waals surface area contributed by atoms with Crippen LogP contribution in [0.25, 0.3) is 10.9 Å². The van der Waals surface area contributed by atoms with Crippen molar-refractivity contribution < 1.29 is 14.5 Å². The van der Waals surface area contributed by atoms with Crippen LogP contribution in [0, 0.1) is 10.1 Å². The first-order valence-corrected chi connectivity index (χ1v) is 11.9. The lowest BCUT2D eigenvalue weighted by Gasteiger charge is -2.13. The maximum absolute atomic E-state index is 13.4. The van der Waals surface area contributed by atoms with Gasteiger partial charge in [0.2, 0.25) is 5.91 Å². The monoisotopic (exact) mass is 488 g/mol. The van der Waals surface area contributed by atoms with E-state index in [1.807, 2.05) is 6.07 Å². The number of hydrogen-bond donors (Lipinski definition) is 1. The minimum absolute atomic E-state index is 0.0565. The molecule has 0 saturated carbocycles. The van der Waals surface area contributed by atoms with Crippen LogP contribution >= 0.6 is 11.3 Å². The Morgan fingerprint density at radius 3 is 2.66 bits per heavy atom. The van der Waals surface area contributed by atoms with Gasteiger partial charge in [-0.2, -0.15) is 0 Å². The lowest BCUT2D eigenvalue weighted by Crippen LogP contribution is -2.28. The van der Waals surface area contributed by atoms with E-state index >= 15 is 0 Å². The van der Waals surface area contributed by atoms with Crippen molar-refractivity contribution in [3.05, 3.63) is 96.9 Å². The highest BCUT2D eigenvalue weighted by atomic mass is 32.1. The number of nitro groups is 1. The highest BCUT2D eigenvalue weighted by Gasteiger charge is 2.27. The van der Waals surface area contributed by atoms with E-state index in [0.717, 1.165) is 46.8 Å². The average molecular weight is 489 g/mol. The maximum Gasteiger partial charge on any atom is 0.270 e. The fraction of sp³-hybridized carbons (Fsp3) is 0.200. The maximum atomic E-state index is 13.4. The molecule has 0 atom stereocenters. The normalized spacial score (nSPS) is 12.8. The number of aromatic nitrogens is 2. The molecule has 0 bridgehead atoms. The van der Waals surface area contributed by atoms with E-state index in [1.165, 1.54) is 29.8 Å². The van der Waals surface area contributed by atoms with Crippen LogP contribution in [0.5, 0.6) is 0 Å². The summed E-state index contributed by atoms with van der Waals surface area (Å²) in [6.07, 6.45) is 4.90. The Kier molecular flexibility index (Phi) is 5.96. The van der Waals surface area contributed by atoms with Gasteiger partial charge in [-0.05, 0) is 37.3 Å². The predicted octanol–water partition coefficient (Wildman–Crippen LogP) is 4.11. The summed E-state index contributed by atoms with van der Waals surface area (Å²) in [7, 11) is 0. The third-order valence-electron chi connectivity index (χ3n) is 6.02. The van der Waals surface area contributed by atoms with Crippen molar-refractivity contribution in [2.45, 2.75) is 32.2 Å². The van der Waals surface area contributed by atoms with E-state index in [-0.39, 0.29) is 23.4 Å². The second kappa shape index (κ2) is 9.22. The Hall–Kier alpha value is -4.18. The van der Waals surface area contributed by atoms with Crippen LogP contribution in [0.1, 0.15) is 39.2 Å². The number of nitrogens with one attached hydrogen (secondary N) is 1. The number of hydrogen-bond acceptors (Lipinski definition) is 7. The Balaban J connectivity index is 1.46. The van der Waals surface area contributed by atoms with Crippen LogP contribution in [0.15, 0.2) is 59.7 Å². The molecular weight excluding hydrogens is 468 g/mol. The Morgan fingerprint density at radius 2 is 1.89 bits per heavy atom. The van der Waals surface area contributed by atoms with Gasteiger partial charge in [-0.1, -0.05) is 30.3 Å². The van der Waals surface area contributed by atoms with Gasteiger partial charge in [0, 0.05) is 22.6 Å². The average Bonchev–Trinajstić information content (AvgIpc) is 3.23. The van der Waals surface area contributed by atoms with E-state index in [4.69, 9.17) is 0 Å². The lowest BCUT2D eigenvalue weighted by atomic mass is 9.92. The van der Waals surface area contributed by atoms with E-state index in [2.05, 4.69) is 10.3 Å². The molecule has 0 fully saturated rings. The molecule has 2 aromatic carbocycles. The first kappa shape index (κ1) is 22.6. The zero-order chi connectivity index (χ0) is 24.5. The standard InChI is InChI=1S/C25H20N4O5S/c30-21(13-28-14-26-19-11-10-16(29(33)34)12-18(19)25(28)32)27-24-22(17-8-4-5-9-20(17)35-24)23(31)15-6-2-1-3-7-15/h1-3,6-7,10-12,14H,4-5,8-9,13H2,(H,27,30). The minimum atomic E-state index is -0.591. The first-order valence-electron chi connectivity index (χ1n) is 11.1. The Bertz CT molecular complexity index is 1540. The van der Waals surface area contributed by atoms with Crippen LogP contribution in [0.4, 0.5) is 10.7 Å². The summed E-state index contributed by atoms with van der Waals surface area (Å²) in [5.74, 6) is -0.628. The highest BCUT2D eigenvalue weighted by molar-refractivity contribution is 7.17. The molecule has 1 N–H and O–H groups in total. The summed E-state index contributed by atoms with van der Waals surface area (Å²) in [6, 6.07) is 12.8. The summed E-state index contributed by atoms with van der Waals surface area (Å²) in [6.45, 7) is -0.341. The largest absolute Gasteiger partial charge is 0.316 e. The smallest absolute Gasteiger partial charge is 0.270 e. The third-order valence-corrected chi connectivity index (χ3v) is 7.23. The number of carbonyl (C=O) groups is 2. The second-order valence-corrected chi connectivity index (χ2v) is 9.40. The topological polar surface area (TPSA) is 124 Å². The molecule has 176 valence electrons. The van der Waals surface area contributed by atoms with Crippen LogP contribution in [0.3, 0.4) is 0 Å². The molecule has 5 rings (SSSR count). The molecule has 10 heteroatoms. The van der Waals surface area contributed by atoms with E-state index < -0.39 is 16.4 Å². The zero-order valence-corrected chi connectivity index (χ0v) is 19.3. The molecule has 0 saturated heterocycles. The molecule has 0 radical (unpaired) electrons. The number of aryl methyl sites for hydroxylation is 1. The van der Waals surface area contributed by atoms with Crippen molar-refractivity contribution in [3.63, 3.8) is 0 Å². The summed E-state index contributed by atoms with van der Waals surface area (Å²) in [4.78, 5) is 54.9. The third kappa shape index (κ3) is 4.35. The molecule has 2 aromatic heterocycles. The van der Waals surface area contributed by atoms with Crippen LogP contribution in [-0.2, 0) is 24.2 Å². The van der Waals surface area contributed by atoms with Crippen molar-refractivity contribution in [2.24, 2.45) is 0 Å². The molecule has 1 aliphatic rings. The number of nitro benzene ring substituents is 1. The van der Waals surface area contributed by atoms with Gasteiger partial charge in [-0.25, -0.2) is 4.98 Å². The quantitative estimate of drug-likeness (QED) is 0.247. The van der Waals surface area contributed by atoms with Gasteiger partial charge in [-0.3, -0.25) is 29.1 Å².